The van der Waals surface area contributed by atoms with Crippen molar-refractivity contribution >= 4 is 32.6 Å². The first-order chi connectivity index (χ1) is 15.6. The minimum Gasteiger partial charge on any atom is -0.497 e. The molecule has 2 aromatic carbocycles. The van der Waals surface area contributed by atoms with E-state index >= 15 is 0 Å². The van der Waals surface area contributed by atoms with Crippen molar-refractivity contribution in [2.24, 2.45) is 0 Å². The van der Waals surface area contributed by atoms with E-state index in [1.807, 2.05) is 32.0 Å². The van der Waals surface area contributed by atoms with Crippen LogP contribution in [-0.2, 0) is 4.74 Å². The quantitative estimate of drug-likeness (QED) is 0.455. The average Bonchev–Trinajstić information content (AvgIpc) is 3.47. The molecule has 0 aliphatic carbocycles. The fourth-order valence-corrected chi connectivity index (χ4v) is 4.67. The Morgan fingerprint density at radius 2 is 1.97 bits per heavy atom. The van der Waals surface area contributed by atoms with E-state index in [2.05, 4.69) is 0 Å². The van der Waals surface area contributed by atoms with Gasteiger partial charge in [-0.15, -0.1) is 0 Å². The minimum absolute atomic E-state index is 0.00504. The third-order valence-electron chi connectivity index (χ3n) is 5.26. The van der Waals surface area contributed by atoms with Crippen LogP contribution in [0.5, 0.6) is 17.2 Å². The van der Waals surface area contributed by atoms with Gasteiger partial charge >= 0.3 is 0 Å². The number of carbonyl (C=O) groups is 1. The fourth-order valence-electron chi connectivity index (χ4n) is 3.72. The highest BCUT2D eigenvalue weighted by Gasteiger charge is 2.28. The Kier molecular flexibility index (Phi) is 7.12. The van der Waals surface area contributed by atoms with Crippen molar-refractivity contribution in [3.05, 3.63) is 42.0 Å². The number of carbonyl (C=O) groups excluding carboxylic acids is 1. The maximum Gasteiger partial charge on any atom is 0.260 e. The van der Waals surface area contributed by atoms with Gasteiger partial charge in [0.05, 0.1) is 43.2 Å². The van der Waals surface area contributed by atoms with Gasteiger partial charge in [0.2, 0.25) is 0 Å². The molecule has 0 radical (unpaired) electrons. The zero-order chi connectivity index (χ0) is 22.5. The number of aromatic nitrogens is 1. The number of methoxy groups -OCH3 is 1. The number of rotatable bonds is 9. The highest BCUT2D eigenvalue weighted by atomic mass is 32.1. The van der Waals surface area contributed by atoms with Crippen LogP contribution in [0.2, 0.25) is 0 Å². The second-order valence-corrected chi connectivity index (χ2v) is 8.42. The van der Waals surface area contributed by atoms with Gasteiger partial charge in [0, 0.05) is 18.2 Å². The summed E-state index contributed by atoms with van der Waals surface area (Å²) >= 11 is 1.48. The molecule has 1 saturated heterocycles. The lowest BCUT2D eigenvalue weighted by molar-refractivity contribution is 0.0917. The summed E-state index contributed by atoms with van der Waals surface area (Å²) in [4.78, 5) is 20.1. The highest BCUT2D eigenvalue weighted by molar-refractivity contribution is 7.22. The van der Waals surface area contributed by atoms with Gasteiger partial charge in [-0.3, -0.25) is 9.69 Å². The van der Waals surface area contributed by atoms with Gasteiger partial charge in [-0.1, -0.05) is 11.3 Å². The van der Waals surface area contributed by atoms with Crippen molar-refractivity contribution in [3.63, 3.8) is 0 Å². The van der Waals surface area contributed by atoms with Crippen LogP contribution in [0.4, 0.5) is 5.13 Å². The van der Waals surface area contributed by atoms with Gasteiger partial charge in [-0.05, 0) is 57.0 Å². The molecule has 3 aromatic rings. The summed E-state index contributed by atoms with van der Waals surface area (Å²) in [6, 6.07) is 11.1. The Bertz CT molecular complexity index is 1080. The Morgan fingerprint density at radius 1 is 1.16 bits per heavy atom. The van der Waals surface area contributed by atoms with Gasteiger partial charge in [0.1, 0.15) is 5.75 Å². The van der Waals surface area contributed by atoms with Crippen LogP contribution in [0, 0.1) is 0 Å². The second kappa shape index (κ2) is 10.2. The number of nitrogens with zero attached hydrogens (tertiary/aromatic N) is 2. The first-order valence-electron chi connectivity index (χ1n) is 10.9. The molecule has 0 spiro atoms. The molecule has 2 heterocycles. The maximum absolute atomic E-state index is 13.7. The molecule has 1 unspecified atom stereocenters. The fraction of sp³-hybridized carbons (Fsp3) is 0.417. The van der Waals surface area contributed by atoms with Crippen molar-refractivity contribution in [2.45, 2.75) is 32.8 Å². The largest absolute Gasteiger partial charge is 0.497 e. The number of amides is 1. The van der Waals surface area contributed by atoms with E-state index in [0.717, 1.165) is 35.4 Å². The number of thiazole rings is 1. The third kappa shape index (κ3) is 4.81. The molecule has 1 atom stereocenters. The first-order valence-corrected chi connectivity index (χ1v) is 11.7. The molecule has 7 nitrogen and oxygen atoms in total. The zero-order valence-electron chi connectivity index (χ0n) is 18.6. The SMILES string of the molecule is CCOc1ccc(C(=O)N(CC2CCCO2)c2nc3cc(OC)ccc3s2)cc1OCC. The molecule has 0 saturated carbocycles. The van der Waals surface area contributed by atoms with Gasteiger partial charge in [-0.2, -0.15) is 0 Å². The second-order valence-electron chi connectivity index (χ2n) is 7.41. The van der Waals surface area contributed by atoms with Crippen LogP contribution in [0.1, 0.15) is 37.0 Å². The summed E-state index contributed by atoms with van der Waals surface area (Å²) in [6.07, 6.45) is 1.92. The standard InChI is InChI=1S/C24H28N2O5S/c1-4-29-20-10-8-16(13-21(20)30-5-2)23(27)26(15-18-7-6-12-31-18)24-25-19-14-17(28-3)9-11-22(19)32-24/h8-11,13-14,18H,4-7,12,15H2,1-3H3. The summed E-state index contributed by atoms with van der Waals surface area (Å²) in [7, 11) is 1.63. The van der Waals surface area contributed by atoms with Crippen molar-refractivity contribution in [1.82, 2.24) is 4.98 Å². The van der Waals surface area contributed by atoms with Gasteiger partial charge in [0.15, 0.2) is 16.6 Å². The summed E-state index contributed by atoms with van der Waals surface area (Å²) in [6.45, 7) is 6.00. The van der Waals surface area contributed by atoms with E-state index in [9.17, 15) is 4.79 Å². The summed E-state index contributed by atoms with van der Waals surface area (Å²) in [5, 5.41) is 0.639. The monoisotopic (exact) mass is 456 g/mol. The van der Waals surface area contributed by atoms with E-state index in [0.29, 0.717) is 42.0 Å². The Hall–Kier alpha value is -2.84. The molecule has 170 valence electrons. The lowest BCUT2D eigenvalue weighted by Gasteiger charge is -2.23. The molecule has 8 heteroatoms. The molecular formula is C24H28N2O5S. The molecule has 1 aliphatic rings. The minimum atomic E-state index is -0.143. The molecular weight excluding hydrogens is 428 g/mol. The van der Waals surface area contributed by atoms with E-state index in [4.69, 9.17) is 23.9 Å². The van der Waals surface area contributed by atoms with Crippen molar-refractivity contribution in [2.75, 3.05) is 38.4 Å². The molecule has 1 fully saturated rings. The van der Waals surface area contributed by atoms with Gasteiger partial charge < -0.3 is 18.9 Å². The number of benzene rings is 2. The van der Waals surface area contributed by atoms with Crippen molar-refractivity contribution in [1.29, 1.82) is 0 Å². The van der Waals surface area contributed by atoms with Crippen LogP contribution < -0.4 is 19.1 Å². The molecule has 4 rings (SSSR count). The van der Waals surface area contributed by atoms with Crippen LogP contribution >= 0.6 is 11.3 Å². The number of ether oxygens (including phenoxy) is 4. The predicted molar refractivity (Wildman–Crippen MR) is 126 cm³/mol. The zero-order valence-corrected chi connectivity index (χ0v) is 19.4. The predicted octanol–water partition coefficient (Wildman–Crippen LogP) is 4.93. The van der Waals surface area contributed by atoms with E-state index < -0.39 is 0 Å². The van der Waals surface area contributed by atoms with E-state index in [-0.39, 0.29) is 12.0 Å². The summed E-state index contributed by atoms with van der Waals surface area (Å²) in [5.74, 6) is 1.78. The number of hydrogen-bond donors (Lipinski definition) is 0. The molecule has 1 aromatic heterocycles. The van der Waals surface area contributed by atoms with Gasteiger partial charge in [0.25, 0.3) is 5.91 Å². The lowest BCUT2D eigenvalue weighted by atomic mass is 10.1. The molecule has 32 heavy (non-hydrogen) atoms. The molecule has 0 N–H and O–H groups in total. The van der Waals surface area contributed by atoms with E-state index in [1.54, 1.807) is 30.2 Å². The Labute approximate surface area is 191 Å². The van der Waals surface area contributed by atoms with Crippen molar-refractivity contribution < 1.29 is 23.7 Å². The normalized spacial score (nSPS) is 15.7. The summed E-state index contributed by atoms with van der Waals surface area (Å²) < 4.78 is 23.5. The van der Waals surface area contributed by atoms with Crippen molar-refractivity contribution in [3.8, 4) is 17.2 Å². The Balaban J connectivity index is 1.70. The van der Waals surface area contributed by atoms with Crippen LogP contribution in [0.3, 0.4) is 0 Å². The maximum atomic E-state index is 13.7. The Morgan fingerprint density at radius 3 is 2.69 bits per heavy atom. The molecule has 0 bridgehead atoms. The number of fused-ring (bicyclic) bond motifs is 1. The first kappa shape index (κ1) is 22.4. The van der Waals surface area contributed by atoms with Crippen LogP contribution in [0.15, 0.2) is 36.4 Å². The lowest BCUT2D eigenvalue weighted by Crippen LogP contribution is -2.37. The van der Waals surface area contributed by atoms with Gasteiger partial charge in [-0.25, -0.2) is 4.98 Å². The average molecular weight is 457 g/mol. The number of anilines is 1. The smallest absolute Gasteiger partial charge is 0.260 e. The summed E-state index contributed by atoms with van der Waals surface area (Å²) in [5.41, 5.74) is 1.32. The number of hydrogen-bond acceptors (Lipinski definition) is 7. The topological polar surface area (TPSA) is 70.1 Å². The van der Waals surface area contributed by atoms with E-state index in [1.165, 1.54) is 11.3 Å². The molecule has 1 aliphatic heterocycles. The molecule has 1 amide bonds. The highest BCUT2D eigenvalue weighted by Crippen LogP contribution is 2.34. The van der Waals surface area contributed by atoms with Crippen LogP contribution in [0.25, 0.3) is 10.2 Å². The third-order valence-corrected chi connectivity index (χ3v) is 6.32. The van der Waals surface area contributed by atoms with Crippen LogP contribution in [-0.4, -0.2) is 50.5 Å².